The molecule has 0 spiro atoms. The molecule has 0 unspecified atom stereocenters. The molecule has 1 aromatic heterocycles. The van der Waals surface area contributed by atoms with Crippen LogP contribution in [-0.4, -0.2) is 28.8 Å². The molecule has 0 saturated carbocycles. The van der Waals surface area contributed by atoms with Gasteiger partial charge in [-0.1, -0.05) is 24.3 Å². The highest BCUT2D eigenvalue weighted by Gasteiger charge is 2.25. The predicted molar refractivity (Wildman–Crippen MR) is 86.6 cm³/mol. The summed E-state index contributed by atoms with van der Waals surface area (Å²) < 4.78 is 4.65. The van der Waals surface area contributed by atoms with Gasteiger partial charge in [-0.05, 0) is 24.3 Å². The van der Waals surface area contributed by atoms with Crippen molar-refractivity contribution in [3.8, 4) is 6.07 Å². The molecule has 0 amide bonds. The molecule has 6 heteroatoms. The van der Waals surface area contributed by atoms with E-state index in [0.29, 0.717) is 5.52 Å². The van der Waals surface area contributed by atoms with Crippen LogP contribution < -0.4 is 0 Å². The number of imidazole rings is 1. The highest BCUT2D eigenvalue weighted by atomic mass is 16.5. The number of para-hydroxylation sites is 2. The molecule has 6 nitrogen and oxygen atoms in total. The van der Waals surface area contributed by atoms with E-state index in [9.17, 15) is 14.9 Å². The zero-order chi connectivity index (χ0) is 17.1. The summed E-state index contributed by atoms with van der Waals surface area (Å²) >= 11 is 0. The number of ketones is 1. The monoisotopic (exact) mass is 319 g/mol. The zero-order valence-corrected chi connectivity index (χ0v) is 12.8. The first-order valence-corrected chi connectivity index (χ1v) is 7.21. The normalized spacial score (nSPS) is 11.7. The molecular weight excluding hydrogens is 306 g/mol. The van der Waals surface area contributed by atoms with Gasteiger partial charge in [-0.2, -0.15) is 5.26 Å². The fraction of sp³-hybridized carbons (Fsp3) is 0.111. The Morgan fingerprint density at radius 1 is 1.17 bits per heavy atom. The molecule has 0 fully saturated rings. The quantitative estimate of drug-likeness (QED) is 0.589. The van der Waals surface area contributed by atoms with Gasteiger partial charge in [0.15, 0.2) is 11.7 Å². The minimum absolute atomic E-state index is 0.254. The molecule has 0 aliphatic rings. The number of nitriles is 1. The number of H-pyrrole nitrogens is 1. The Balaban J connectivity index is 1.98. The Hall–Kier alpha value is -3.46. The van der Waals surface area contributed by atoms with Crippen molar-refractivity contribution >= 4 is 22.8 Å². The molecule has 0 saturated heterocycles. The second-order valence-electron chi connectivity index (χ2n) is 5.14. The number of Topliss-reactive ketones (excluding diaryl/α,β-unsaturated/α-hetero) is 1. The lowest BCUT2D eigenvalue weighted by atomic mass is 9.97. The average molecular weight is 319 g/mol. The lowest BCUT2D eigenvalue weighted by Crippen LogP contribution is -2.13. The van der Waals surface area contributed by atoms with Gasteiger partial charge in [0.1, 0.15) is 5.82 Å². The number of aromatic nitrogens is 2. The van der Waals surface area contributed by atoms with Crippen molar-refractivity contribution in [2.24, 2.45) is 0 Å². The third kappa shape index (κ3) is 2.75. The Morgan fingerprint density at radius 2 is 1.92 bits per heavy atom. The SMILES string of the molecule is COC(=O)c1cccc(C(=O)[C@@H](C#N)c2nc3ccccc3[nH]2)c1. The van der Waals surface area contributed by atoms with Gasteiger partial charge in [-0.15, -0.1) is 0 Å². The van der Waals surface area contributed by atoms with Gasteiger partial charge in [-0.3, -0.25) is 4.79 Å². The third-order valence-corrected chi connectivity index (χ3v) is 3.64. The molecular formula is C18H13N3O3. The minimum Gasteiger partial charge on any atom is -0.465 e. The second kappa shape index (κ2) is 6.34. The first-order valence-electron chi connectivity index (χ1n) is 7.21. The Bertz CT molecular complexity index is 936. The molecule has 0 bridgehead atoms. The molecule has 0 aliphatic carbocycles. The van der Waals surface area contributed by atoms with Gasteiger partial charge in [0.2, 0.25) is 0 Å². The van der Waals surface area contributed by atoms with Crippen LogP contribution in [0.25, 0.3) is 11.0 Å². The van der Waals surface area contributed by atoms with Crippen LogP contribution in [0.3, 0.4) is 0 Å². The summed E-state index contributed by atoms with van der Waals surface area (Å²) in [4.78, 5) is 31.6. The summed E-state index contributed by atoms with van der Waals surface area (Å²) in [6.07, 6.45) is 0. The highest BCUT2D eigenvalue weighted by molar-refractivity contribution is 6.04. The summed E-state index contributed by atoms with van der Waals surface area (Å²) in [5, 5.41) is 9.44. The summed E-state index contributed by atoms with van der Waals surface area (Å²) in [6.45, 7) is 0. The molecule has 1 N–H and O–H groups in total. The molecule has 0 radical (unpaired) electrons. The smallest absolute Gasteiger partial charge is 0.337 e. The zero-order valence-electron chi connectivity index (χ0n) is 12.8. The van der Waals surface area contributed by atoms with E-state index < -0.39 is 17.7 Å². The number of carbonyl (C=O) groups is 2. The van der Waals surface area contributed by atoms with Crippen molar-refractivity contribution in [3.05, 3.63) is 65.5 Å². The van der Waals surface area contributed by atoms with Crippen LogP contribution in [0.15, 0.2) is 48.5 Å². The summed E-state index contributed by atoms with van der Waals surface area (Å²) in [5.74, 6) is -1.76. The second-order valence-corrected chi connectivity index (χ2v) is 5.14. The van der Waals surface area contributed by atoms with Crippen molar-refractivity contribution in [2.75, 3.05) is 7.11 Å². The number of nitrogens with zero attached hydrogens (tertiary/aromatic N) is 2. The van der Waals surface area contributed by atoms with Gasteiger partial charge < -0.3 is 9.72 Å². The van der Waals surface area contributed by atoms with E-state index in [1.165, 1.54) is 13.2 Å². The van der Waals surface area contributed by atoms with Gasteiger partial charge in [0.05, 0.1) is 29.8 Å². The van der Waals surface area contributed by atoms with E-state index >= 15 is 0 Å². The topological polar surface area (TPSA) is 95.8 Å². The Kier molecular flexibility index (Phi) is 4.08. The fourth-order valence-electron chi connectivity index (χ4n) is 2.44. The standard InChI is InChI=1S/C18H13N3O3/c1-24-18(23)12-6-4-5-11(9-12)16(22)13(10-19)17-20-14-7-2-3-8-15(14)21-17/h2-9,13H,1H3,(H,20,21)/t13-/m1/s1. The van der Waals surface area contributed by atoms with Crippen LogP contribution in [0.2, 0.25) is 0 Å². The first-order chi connectivity index (χ1) is 11.6. The lowest BCUT2D eigenvalue weighted by molar-refractivity contribution is 0.0600. The number of hydrogen-bond donors (Lipinski definition) is 1. The number of carbonyl (C=O) groups excluding carboxylic acids is 2. The molecule has 0 aliphatic heterocycles. The first kappa shape index (κ1) is 15.4. The van der Waals surface area contributed by atoms with E-state index in [2.05, 4.69) is 14.7 Å². The van der Waals surface area contributed by atoms with E-state index in [-0.39, 0.29) is 17.0 Å². The highest BCUT2D eigenvalue weighted by Crippen LogP contribution is 2.22. The maximum atomic E-state index is 12.7. The maximum Gasteiger partial charge on any atom is 0.337 e. The van der Waals surface area contributed by atoms with Gasteiger partial charge in [0.25, 0.3) is 0 Å². The van der Waals surface area contributed by atoms with Crippen LogP contribution in [0, 0.1) is 11.3 Å². The van der Waals surface area contributed by atoms with Gasteiger partial charge in [-0.25, -0.2) is 9.78 Å². The Morgan fingerprint density at radius 3 is 2.62 bits per heavy atom. The average Bonchev–Trinajstić information content (AvgIpc) is 3.05. The molecule has 1 atom stereocenters. The number of aromatic amines is 1. The lowest BCUT2D eigenvalue weighted by Gasteiger charge is -2.07. The number of ether oxygens (including phenoxy) is 1. The predicted octanol–water partition coefficient (Wildman–Crippen LogP) is 2.84. The number of nitrogens with one attached hydrogen (secondary N) is 1. The van der Waals surface area contributed by atoms with E-state index in [4.69, 9.17) is 0 Å². The summed E-state index contributed by atoms with van der Waals surface area (Å²) in [6, 6.07) is 15.4. The van der Waals surface area contributed by atoms with Crippen LogP contribution in [-0.2, 0) is 4.74 Å². The van der Waals surface area contributed by atoms with Crippen molar-refractivity contribution in [2.45, 2.75) is 5.92 Å². The molecule has 2 aromatic carbocycles. The van der Waals surface area contributed by atoms with Gasteiger partial charge in [0, 0.05) is 5.56 Å². The van der Waals surface area contributed by atoms with Gasteiger partial charge >= 0.3 is 5.97 Å². The van der Waals surface area contributed by atoms with Crippen LogP contribution in [0.1, 0.15) is 32.5 Å². The number of benzene rings is 2. The number of rotatable bonds is 4. The molecule has 118 valence electrons. The van der Waals surface area contributed by atoms with Crippen LogP contribution in [0.5, 0.6) is 0 Å². The number of esters is 1. The Labute approximate surface area is 137 Å². The number of hydrogen-bond acceptors (Lipinski definition) is 5. The molecule has 24 heavy (non-hydrogen) atoms. The summed E-state index contributed by atoms with van der Waals surface area (Å²) in [7, 11) is 1.27. The van der Waals surface area contributed by atoms with Crippen molar-refractivity contribution < 1.29 is 14.3 Å². The van der Waals surface area contributed by atoms with Crippen molar-refractivity contribution in [1.29, 1.82) is 5.26 Å². The molecule has 3 aromatic rings. The minimum atomic E-state index is -1.08. The van der Waals surface area contributed by atoms with E-state index in [1.54, 1.807) is 24.3 Å². The summed E-state index contributed by atoms with van der Waals surface area (Å²) in [5.41, 5.74) is 1.95. The van der Waals surface area contributed by atoms with Crippen molar-refractivity contribution in [3.63, 3.8) is 0 Å². The van der Waals surface area contributed by atoms with E-state index in [1.807, 2.05) is 24.3 Å². The largest absolute Gasteiger partial charge is 0.465 e. The fourth-order valence-corrected chi connectivity index (χ4v) is 2.44. The maximum absolute atomic E-state index is 12.7. The number of methoxy groups -OCH3 is 1. The van der Waals surface area contributed by atoms with Crippen LogP contribution >= 0.6 is 0 Å². The van der Waals surface area contributed by atoms with Crippen LogP contribution in [0.4, 0.5) is 0 Å². The van der Waals surface area contributed by atoms with Crippen molar-refractivity contribution in [1.82, 2.24) is 9.97 Å². The molecule has 3 rings (SSSR count). The number of fused-ring (bicyclic) bond motifs is 1. The van der Waals surface area contributed by atoms with E-state index in [0.717, 1.165) is 5.52 Å². The molecule has 1 heterocycles. The third-order valence-electron chi connectivity index (χ3n) is 3.64.